The summed E-state index contributed by atoms with van der Waals surface area (Å²) in [6.07, 6.45) is -1.66. The van der Waals surface area contributed by atoms with Crippen LogP contribution >= 0.6 is 0 Å². The average Bonchev–Trinajstić information content (AvgIpc) is 2.66. The Morgan fingerprint density at radius 1 is 0.758 bits per heavy atom. The Bertz CT molecular complexity index is 696. The summed E-state index contributed by atoms with van der Waals surface area (Å²) in [4.78, 5) is 60.1. The van der Waals surface area contributed by atoms with Crippen molar-refractivity contribution in [1.29, 1.82) is 0 Å². The molecular formula is C21H38N4O8. The molecule has 3 amide bonds. The number of aliphatic hydroxyl groups excluding tert-OH is 1. The lowest BCUT2D eigenvalue weighted by Gasteiger charge is -2.27. The minimum Gasteiger partial charge on any atom is -0.481 e. The van der Waals surface area contributed by atoms with Gasteiger partial charge in [0.15, 0.2) is 0 Å². The van der Waals surface area contributed by atoms with Crippen LogP contribution in [0.1, 0.15) is 60.3 Å². The number of carboxylic acids is 2. The predicted molar refractivity (Wildman–Crippen MR) is 119 cm³/mol. The third kappa shape index (κ3) is 12.2. The van der Waals surface area contributed by atoms with E-state index < -0.39 is 66.4 Å². The highest BCUT2D eigenvalue weighted by Crippen LogP contribution is 2.08. The summed E-state index contributed by atoms with van der Waals surface area (Å²) in [7, 11) is 0. The second-order valence-electron chi connectivity index (χ2n) is 8.99. The zero-order chi connectivity index (χ0) is 25.9. The van der Waals surface area contributed by atoms with Crippen molar-refractivity contribution < 1.29 is 39.3 Å². The van der Waals surface area contributed by atoms with E-state index in [1.807, 2.05) is 13.8 Å². The van der Waals surface area contributed by atoms with Crippen LogP contribution in [0.5, 0.6) is 0 Å². The topological polar surface area (TPSA) is 208 Å². The van der Waals surface area contributed by atoms with Crippen LogP contribution in [0.3, 0.4) is 0 Å². The van der Waals surface area contributed by atoms with Gasteiger partial charge in [0, 0.05) is 6.42 Å². The van der Waals surface area contributed by atoms with E-state index in [1.165, 1.54) is 6.92 Å². The number of nitrogens with two attached hydrogens (primary N) is 1. The summed E-state index contributed by atoms with van der Waals surface area (Å²) < 4.78 is 0. The second-order valence-corrected chi connectivity index (χ2v) is 8.99. The Hall–Kier alpha value is -2.73. The SMILES string of the molecule is CC(C)CC(N)C(=O)NC(CCC(=O)O)C(=O)NC(C(=O)NC(CC(C)C)C(=O)O)C(C)O. The molecule has 12 nitrogen and oxygen atoms in total. The van der Waals surface area contributed by atoms with Crippen molar-refractivity contribution >= 4 is 29.7 Å². The largest absolute Gasteiger partial charge is 0.481 e. The van der Waals surface area contributed by atoms with Crippen molar-refractivity contribution in [1.82, 2.24) is 16.0 Å². The lowest BCUT2D eigenvalue weighted by molar-refractivity contribution is -0.143. The third-order valence-electron chi connectivity index (χ3n) is 4.73. The van der Waals surface area contributed by atoms with Gasteiger partial charge in [-0.15, -0.1) is 0 Å². The minimum absolute atomic E-state index is 0.0448. The molecule has 5 unspecified atom stereocenters. The number of aliphatic hydroxyl groups is 1. The third-order valence-corrected chi connectivity index (χ3v) is 4.73. The van der Waals surface area contributed by atoms with Crippen LogP contribution in [0.4, 0.5) is 0 Å². The molecule has 0 aliphatic heterocycles. The highest BCUT2D eigenvalue weighted by molar-refractivity contribution is 5.94. The fourth-order valence-corrected chi connectivity index (χ4v) is 3.04. The Labute approximate surface area is 193 Å². The van der Waals surface area contributed by atoms with Crippen LogP contribution in [-0.2, 0) is 24.0 Å². The highest BCUT2D eigenvalue weighted by atomic mass is 16.4. The van der Waals surface area contributed by atoms with E-state index in [1.54, 1.807) is 13.8 Å². The minimum atomic E-state index is -1.53. The van der Waals surface area contributed by atoms with Gasteiger partial charge in [-0.25, -0.2) is 4.79 Å². The molecule has 0 aromatic heterocycles. The quantitative estimate of drug-likeness (QED) is 0.158. The van der Waals surface area contributed by atoms with Gasteiger partial charge in [0.05, 0.1) is 12.1 Å². The molecule has 12 heteroatoms. The molecule has 0 rings (SSSR count). The molecule has 0 fully saturated rings. The number of amides is 3. The number of nitrogens with one attached hydrogen (secondary N) is 3. The number of hydrogen-bond acceptors (Lipinski definition) is 7. The van der Waals surface area contributed by atoms with Gasteiger partial charge in [0.1, 0.15) is 18.1 Å². The summed E-state index contributed by atoms with van der Waals surface area (Å²) in [6.45, 7) is 8.49. The maximum atomic E-state index is 12.8. The van der Waals surface area contributed by atoms with Gasteiger partial charge < -0.3 is 37.0 Å². The van der Waals surface area contributed by atoms with E-state index >= 15 is 0 Å². The summed E-state index contributed by atoms with van der Waals surface area (Å²) in [5.41, 5.74) is 5.82. The van der Waals surface area contributed by atoms with E-state index in [0.717, 1.165) is 0 Å². The zero-order valence-corrected chi connectivity index (χ0v) is 19.8. The van der Waals surface area contributed by atoms with Crippen molar-refractivity contribution in [3.63, 3.8) is 0 Å². The van der Waals surface area contributed by atoms with Crippen LogP contribution in [0, 0.1) is 11.8 Å². The Balaban J connectivity index is 5.48. The molecule has 0 bridgehead atoms. The molecule has 0 aliphatic rings. The van der Waals surface area contributed by atoms with Gasteiger partial charge >= 0.3 is 11.9 Å². The lowest BCUT2D eigenvalue weighted by atomic mass is 10.0. The van der Waals surface area contributed by atoms with E-state index in [4.69, 9.17) is 10.8 Å². The number of rotatable bonds is 15. The first-order valence-electron chi connectivity index (χ1n) is 10.9. The number of carbonyl (C=O) groups is 5. The standard InChI is InChI=1S/C21H38N4O8/c1-10(2)8-13(22)18(29)23-14(6-7-16(27)28)19(30)25-17(12(5)26)20(31)24-15(21(32)33)9-11(3)4/h10-15,17,26H,6-9,22H2,1-5H3,(H,23,29)(H,24,31)(H,25,30)(H,27,28)(H,32,33). The molecule has 0 heterocycles. The molecule has 0 aliphatic carbocycles. The fraction of sp³-hybridized carbons (Fsp3) is 0.762. The van der Waals surface area contributed by atoms with Gasteiger partial charge in [-0.1, -0.05) is 27.7 Å². The van der Waals surface area contributed by atoms with Crippen LogP contribution in [-0.4, -0.2) is 75.3 Å². The molecular weight excluding hydrogens is 436 g/mol. The van der Waals surface area contributed by atoms with Gasteiger partial charge in [0.25, 0.3) is 0 Å². The summed E-state index contributed by atoms with van der Waals surface area (Å²) in [6, 6.07) is -5.01. The van der Waals surface area contributed by atoms with Crippen molar-refractivity contribution in [3.8, 4) is 0 Å². The first-order chi connectivity index (χ1) is 15.1. The van der Waals surface area contributed by atoms with Gasteiger partial charge in [0.2, 0.25) is 17.7 Å². The van der Waals surface area contributed by atoms with E-state index in [9.17, 15) is 34.2 Å². The van der Waals surface area contributed by atoms with Crippen molar-refractivity contribution in [3.05, 3.63) is 0 Å². The Kier molecular flexibility index (Phi) is 13.2. The molecule has 33 heavy (non-hydrogen) atoms. The smallest absolute Gasteiger partial charge is 0.326 e. The highest BCUT2D eigenvalue weighted by Gasteiger charge is 2.33. The van der Waals surface area contributed by atoms with E-state index in [0.29, 0.717) is 6.42 Å². The van der Waals surface area contributed by atoms with E-state index in [-0.39, 0.29) is 24.7 Å². The normalized spacial score (nSPS) is 15.8. The maximum absolute atomic E-state index is 12.8. The van der Waals surface area contributed by atoms with Gasteiger partial charge in [-0.2, -0.15) is 0 Å². The van der Waals surface area contributed by atoms with Crippen molar-refractivity contribution in [2.24, 2.45) is 17.6 Å². The molecule has 0 aromatic rings. The van der Waals surface area contributed by atoms with Crippen molar-refractivity contribution in [2.45, 2.75) is 90.6 Å². The number of carboxylic acid groups (broad SMARTS) is 2. The van der Waals surface area contributed by atoms with Gasteiger partial charge in [-0.05, 0) is 38.0 Å². The Morgan fingerprint density at radius 3 is 1.70 bits per heavy atom. The van der Waals surface area contributed by atoms with E-state index in [2.05, 4.69) is 16.0 Å². The number of carbonyl (C=O) groups excluding carboxylic acids is 3. The molecule has 0 spiro atoms. The molecule has 0 radical (unpaired) electrons. The van der Waals surface area contributed by atoms with Crippen LogP contribution in [0.2, 0.25) is 0 Å². The zero-order valence-electron chi connectivity index (χ0n) is 19.8. The molecule has 0 saturated heterocycles. The fourth-order valence-electron chi connectivity index (χ4n) is 3.04. The van der Waals surface area contributed by atoms with Crippen LogP contribution in [0.25, 0.3) is 0 Å². The average molecular weight is 475 g/mol. The van der Waals surface area contributed by atoms with Crippen molar-refractivity contribution in [2.75, 3.05) is 0 Å². The maximum Gasteiger partial charge on any atom is 0.326 e. The molecule has 5 atom stereocenters. The summed E-state index contributed by atoms with van der Waals surface area (Å²) in [5, 5.41) is 35.3. The predicted octanol–water partition coefficient (Wildman–Crippen LogP) is -0.809. The first kappa shape index (κ1) is 30.3. The second kappa shape index (κ2) is 14.4. The van der Waals surface area contributed by atoms with Gasteiger partial charge in [-0.3, -0.25) is 19.2 Å². The molecule has 8 N–H and O–H groups in total. The summed E-state index contributed by atoms with van der Waals surface area (Å²) in [5.74, 6) is -4.89. The first-order valence-corrected chi connectivity index (χ1v) is 10.9. The summed E-state index contributed by atoms with van der Waals surface area (Å²) >= 11 is 0. The lowest BCUT2D eigenvalue weighted by Crippen LogP contribution is -2.60. The Morgan fingerprint density at radius 2 is 1.27 bits per heavy atom. The number of aliphatic carboxylic acids is 2. The van der Waals surface area contributed by atoms with Crippen LogP contribution < -0.4 is 21.7 Å². The monoisotopic (exact) mass is 474 g/mol. The molecule has 0 aromatic carbocycles. The molecule has 0 saturated carbocycles. The number of hydrogen-bond donors (Lipinski definition) is 7. The molecule has 190 valence electrons. The van der Waals surface area contributed by atoms with Crippen LogP contribution in [0.15, 0.2) is 0 Å².